The normalized spacial score (nSPS) is 20.9. The van der Waals surface area contributed by atoms with Crippen molar-refractivity contribution in [2.45, 2.75) is 19.3 Å². The van der Waals surface area contributed by atoms with Crippen LogP contribution < -0.4 is 10.2 Å². The third-order valence-corrected chi connectivity index (χ3v) is 5.92. The van der Waals surface area contributed by atoms with Crippen LogP contribution in [0.1, 0.15) is 24.8 Å². The second-order valence-corrected chi connectivity index (χ2v) is 7.99. The quantitative estimate of drug-likeness (QED) is 0.563. The number of rotatable bonds is 2. The molecule has 3 aliphatic heterocycles. The molecule has 1 N–H and O–H groups in total. The highest BCUT2D eigenvalue weighted by atomic mass is 35.5. The Morgan fingerprint density at radius 3 is 2.93 bits per heavy atom. The van der Waals surface area contributed by atoms with Crippen LogP contribution in [0, 0.1) is 5.82 Å². The summed E-state index contributed by atoms with van der Waals surface area (Å²) in [5.41, 5.74) is 3.61. The van der Waals surface area contributed by atoms with E-state index in [1.807, 2.05) is 5.01 Å². The Bertz CT molecular complexity index is 943. The molecule has 4 rings (SSSR count). The van der Waals surface area contributed by atoms with Crippen molar-refractivity contribution in [3.63, 3.8) is 0 Å². The molecule has 3 aliphatic rings. The number of thioether (sulfide) groups is 1. The predicted octanol–water partition coefficient (Wildman–Crippen LogP) is 3.68. The van der Waals surface area contributed by atoms with Gasteiger partial charge in [-0.15, -0.1) is 0 Å². The number of hydrogen-bond acceptors (Lipinski definition) is 6. The molecule has 0 radical (unpaired) electrons. The largest absolute Gasteiger partial charge is 0.420 e. The molecule has 1 aromatic rings. The van der Waals surface area contributed by atoms with Gasteiger partial charge >= 0.3 is 6.09 Å². The maximum Gasteiger partial charge on any atom is 0.420 e. The van der Waals surface area contributed by atoms with Gasteiger partial charge in [0, 0.05) is 31.3 Å². The molecular formula is C19H18ClFN4O3S. The van der Waals surface area contributed by atoms with Crippen LogP contribution >= 0.6 is 23.4 Å². The minimum Gasteiger partial charge on any atom is -0.409 e. The zero-order valence-corrected chi connectivity index (χ0v) is 16.9. The molecule has 152 valence electrons. The summed E-state index contributed by atoms with van der Waals surface area (Å²) in [4.78, 5) is 30.4. The molecule has 7 nitrogen and oxygen atoms in total. The van der Waals surface area contributed by atoms with Crippen molar-refractivity contribution in [1.29, 1.82) is 0 Å². The Morgan fingerprint density at radius 2 is 2.21 bits per heavy atom. The van der Waals surface area contributed by atoms with Gasteiger partial charge in [-0.05, 0) is 55.3 Å². The van der Waals surface area contributed by atoms with Crippen molar-refractivity contribution in [3.05, 3.63) is 45.7 Å². The minimum absolute atomic E-state index is 0.0109. The Balaban J connectivity index is 1.53. The van der Waals surface area contributed by atoms with E-state index >= 15 is 0 Å². The summed E-state index contributed by atoms with van der Waals surface area (Å²) in [5, 5.41) is 2.72. The molecular weight excluding hydrogens is 419 g/mol. The van der Waals surface area contributed by atoms with Crippen molar-refractivity contribution in [3.8, 4) is 5.75 Å². The van der Waals surface area contributed by atoms with E-state index in [0.29, 0.717) is 28.6 Å². The van der Waals surface area contributed by atoms with Crippen LogP contribution in [-0.4, -0.2) is 46.7 Å². The fourth-order valence-corrected chi connectivity index (χ4v) is 4.25. The van der Waals surface area contributed by atoms with Gasteiger partial charge in [-0.3, -0.25) is 14.7 Å². The summed E-state index contributed by atoms with van der Waals surface area (Å²) in [6, 6.07) is 3.80. The van der Waals surface area contributed by atoms with Crippen LogP contribution in [0.4, 0.5) is 9.18 Å². The predicted molar refractivity (Wildman–Crippen MR) is 110 cm³/mol. The number of carbonyl (C=O) groups excluding carboxylic acids is 2. The Labute approximate surface area is 176 Å². The van der Waals surface area contributed by atoms with Crippen molar-refractivity contribution in [1.82, 2.24) is 15.3 Å². The third-order valence-electron chi connectivity index (χ3n) is 4.55. The molecule has 3 heterocycles. The fourth-order valence-electron chi connectivity index (χ4n) is 3.08. The summed E-state index contributed by atoms with van der Waals surface area (Å²) in [6.07, 6.45) is 5.28. The smallest absolute Gasteiger partial charge is 0.409 e. The number of benzene rings is 1. The highest BCUT2D eigenvalue weighted by Gasteiger charge is 2.28. The van der Waals surface area contributed by atoms with Gasteiger partial charge in [-0.25, -0.2) is 14.6 Å². The molecule has 0 saturated carbocycles. The number of nitrogens with zero attached hydrogens (tertiary/aromatic N) is 3. The molecule has 1 fully saturated rings. The lowest BCUT2D eigenvalue weighted by Crippen LogP contribution is -2.45. The maximum absolute atomic E-state index is 13.8. The Morgan fingerprint density at radius 1 is 1.34 bits per heavy atom. The molecule has 2 amide bonds. The molecule has 10 heteroatoms. The second kappa shape index (κ2) is 8.56. The van der Waals surface area contributed by atoms with Crippen LogP contribution in [-0.2, 0) is 4.79 Å². The van der Waals surface area contributed by atoms with Crippen LogP contribution in [0.3, 0.4) is 0 Å². The van der Waals surface area contributed by atoms with Crippen LogP contribution in [0.5, 0.6) is 5.75 Å². The lowest BCUT2D eigenvalue weighted by Gasteiger charge is -2.28. The summed E-state index contributed by atoms with van der Waals surface area (Å²) >= 11 is 7.21. The maximum atomic E-state index is 13.8. The summed E-state index contributed by atoms with van der Waals surface area (Å²) in [6.45, 7) is 2.01. The van der Waals surface area contributed by atoms with Crippen LogP contribution in [0.25, 0.3) is 6.08 Å². The number of ether oxygens (including phenoxy) is 1. The van der Waals surface area contributed by atoms with Gasteiger partial charge in [0.15, 0.2) is 5.17 Å². The number of hydrogen-bond donors (Lipinski definition) is 1. The van der Waals surface area contributed by atoms with Gasteiger partial charge < -0.3 is 4.74 Å². The highest BCUT2D eigenvalue weighted by molar-refractivity contribution is 8.18. The minimum atomic E-state index is -0.700. The van der Waals surface area contributed by atoms with E-state index in [1.54, 1.807) is 12.2 Å². The summed E-state index contributed by atoms with van der Waals surface area (Å²) < 4.78 is 19.1. The first-order valence-electron chi connectivity index (χ1n) is 9.19. The SMILES string of the molecule is O=C1N=C(N2CCCCN2)SC1=Cc1ccc(F)cc1OC(=O)N1CCC=C1Cl. The monoisotopic (exact) mass is 436 g/mol. The molecule has 0 aromatic heterocycles. The van der Waals surface area contributed by atoms with E-state index in [2.05, 4.69) is 10.4 Å². The molecule has 1 saturated heterocycles. The van der Waals surface area contributed by atoms with Crippen molar-refractivity contribution >= 4 is 46.6 Å². The second-order valence-electron chi connectivity index (χ2n) is 6.59. The molecule has 0 unspecified atom stereocenters. The molecule has 0 bridgehead atoms. The van der Waals surface area contributed by atoms with Gasteiger partial charge in [0.1, 0.15) is 16.7 Å². The first kappa shape index (κ1) is 19.9. The standard InChI is InChI=1S/C19H18ClFN4O3S/c20-16-4-3-8-24(16)19(27)28-14-11-13(21)6-5-12(14)10-15-17(26)23-18(29-15)25-9-2-1-7-22-25/h4-6,10-11,22H,1-3,7-9H2. The van der Waals surface area contributed by atoms with Crippen molar-refractivity contribution < 1.29 is 18.7 Å². The average molecular weight is 437 g/mol. The van der Waals surface area contributed by atoms with Crippen LogP contribution in [0.15, 0.2) is 39.3 Å². The topological polar surface area (TPSA) is 74.2 Å². The van der Waals surface area contributed by atoms with E-state index in [1.165, 1.54) is 28.8 Å². The Kier molecular flexibility index (Phi) is 5.89. The number of halogens is 2. The Hall–Kier alpha value is -2.36. The van der Waals surface area contributed by atoms with Crippen LogP contribution in [0.2, 0.25) is 0 Å². The first-order valence-corrected chi connectivity index (χ1v) is 10.4. The van der Waals surface area contributed by atoms with Gasteiger partial charge in [0.05, 0.1) is 4.91 Å². The molecule has 29 heavy (non-hydrogen) atoms. The molecule has 0 aliphatic carbocycles. The lowest BCUT2D eigenvalue weighted by atomic mass is 10.2. The highest BCUT2D eigenvalue weighted by Crippen LogP contribution is 2.33. The van der Waals surface area contributed by atoms with E-state index in [9.17, 15) is 14.0 Å². The number of nitrogens with one attached hydrogen (secondary N) is 1. The zero-order chi connectivity index (χ0) is 20.4. The first-order chi connectivity index (χ1) is 14.0. The molecule has 0 atom stereocenters. The number of carbonyl (C=O) groups is 2. The summed E-state index contributed by atoms with van der Waals surface area (Å²) in [5.74, 6) is -0.931. The van der Waals surface area contributed by atoms with E-state index in [4.69, 9.17) is 16.3 Å². The average Bonchev–Trinajstić information content (AvgIpc) is 3.30. The molecule has 1 aromatic carbocycles. The number of hydrazine groups is 1. The zero-order valence-electron chi connectivity index (χ0n) is 15.4. The van der Waals surface area contributed by atoms with Crippen molar-refractivity contribution in [2.24, 2.45) is 4.99 Å². The number of amidine groups is 1. The fraction of sp³-hybridized carbons (Fsp3) is 0.316. The van der Waals surface area contributed by atoms with E-state index < -0.39 is 11.9 Å². The van der Waals surface area contributed by atoms with Gasteiger partial charge in [-0.1, -0.05) is 11.6 Å². The number of amides is 2. The third kappa shape index (κ3) is 4.47. The van der Waals surface area contributed by atoms with Gasteiger partial charge in [0.25, 0.3) is 5.91 Å². The van der Waals surface area contributed by atoms with Gasteiger partial charge in [0.2, 0.25) is 0 Å². The van der Waals surface area contributed by atoms with Crippen molar-refractivity contribution in [2.75, 3.05) is 19.6 Å². The summed E-state index contributed by atoms with van der Waals surface area (Å²) in [7, 11) is 0. The lowest BCUT2D eigenvalue weighted by molar-refractivity contribution is -0.113. The van der Waals surface area contributed by atoms with E-state index in [-0.39, 0.29) is 16.8 Å². The molecule has 0 spiro atoms. The number of aliphatic imine (C=N–C) groups is 1. The van der Waals surface area contributed by atoms with E-state index in [0.717, 1.165) is 32.0 Å². The van der Waals surface area contributed by atoms with Gasteiger partial charge in [-0.2, -0.15) is 4.99 Å².